The average molecular weight is 394 g/mol. The minimum absolute atomic E-state index is 0.306. The fourth-order valence-electron chi connectivity index (χ4n) is 2.95. The van der Waals surface area contributed by atoms with Crippen LogP contribution in [0, 0.1) is 12.7 Å². The predicted octanol–water partition coefficient (Wildman–Crippen LogP) is 4.92. The van der Waals surface area contributed by atoms with Gasteiger partial charge in [-0.3, -0.25) is 0 Å². The maximum absolute atomic E-state index is 14.4. The zero-order valence-corrected chi connectivity index (χ0v) is 16.2. The van der Waals surface area contributed by atoms with E-state index in [9.17, 15) is 4.39 Å². The quantitative estimate of drug-likeness (QED) is 0.417. The highest BCUT2D eigenvalue weighted by Gasteiger charge is 2.17. The number of rotatable bonds is 7. The third-order valence-electron chi connectivity index (χ3n) is 4.32. The van der Waals surface area contributed by atoms with Crippen LogP contribution >= 0.6 is 11.8 Å². The van der Waals surface area contributed by atoms with Crippen LogP contribution in [0.3, 0.4) is 0 Å². The Morgan fingerprint density at radius 2 is 1.82 bits per heavy atom. The zero-order valence-electron chi connectivity index (χ0n) is 15.4. The lowest BCUT2D eigenvalue weighted by Gasteiger charge is -2.10. The molecule has 0 amide bonds. The fraction of sp³-hybridized carbons (Fsp3) is 0.190. The fourth-order valence-corrected chi connectivity index (χ4v) is 3.79. The highest BCUT2D eigenvalue weighted by atomic mass is 32.2. The number of nitrogens with zero attached hydrogens (tertiary/aromatic N) is 4. The van der Waals surface area contributed by atoms with Gasteiger partial charge in [0.15, 0.2) is 11.0 Å². The molecule has 28 heavy (non-hydrogen) atoms. The third-order valence-corrected chi connectivity index (χ3v) is 5.32. The average Bonchev–Trinajstić information content (AvgIpc) is 3.31. The Kier molecular flexibility index (Phi) is 5.53. The molecular weight excluding hydrogens is 375 g/mol. The molecule has 2 heterocycles. The number of thioether (sulfide) groups is 1. The van der Waals surface area contributed by atoms with E-state index < -0.39 is 0 Å². The van der Waals surface area contributed by atoms with Gasteiger partial charge in [-0.25, -0.2) is 4.39 Å². The van der Waals surface area contributed by atoms with Crippen molar-refractivity contribution in [3.8, 4) is 11.4 Å². The molecule has 0 spiro atoms. The van der Waals surface area contributed by atoms with E-state index in [2.05, 4.69) is 27.5 Å². The minimum Gasteiger partial charge on any atom is -0.361 e. The summed E-state index contributed by atoms with van der Waals surface area (Å²) in [4.78, 5) is 0. The van der Waals surface area contributed by atoms with E-state index in [1.165, 1.54) is 23.4 Å². The normalized spacial score (nSPS) is 11.1. The van der Waals surface area contributed by atoms with Gasteiger partial charge in [-0.05, 0) is 31.0 Å². The first kappa shape index (κ1) is 18.4. The van der Waals surface area contributed by atoms with Gasteiger partial charge >= 0.3 is 0 Å². The number of hydrogen-bond acceptors (Lipinski definition) is 5. The molecule has 0 saturated heterocycles. The summed E-state index contributed by atoms with van der Waals surface area (Å²) in [6.45, 7) is 2.51. The van der Waals surface area contributed by atoms with E-state index in [0.29, 0.717) is 23.7 Å². The highest BCUT2D eigenvalue weighted by Crippen LogP contribution is 2.28. The smallest absolute Gasteiger partial charge is 0.191 e. The van der Waals surface area contributed by atoms with E-state index in [-0.39, 0.29) is 5.82 Å². The standard InChI is InChI=1S/C21H19FN4OS/c1-15-13-17(25-27-15)14-28-21-24-23-20(18-9-5-6-10-19(18)22)26(21)12-11-16-7-3-2-4-8-16/h2-10,13H,11-12,14H2,1H3. The van der Waals surface area contributed by atoms with Crippen LogP contribution in [0.15, 0.2) is 70.3 Å². The molecule has 0 aliphatic heterocycles. The first-order valence-electron chi connectivity index (χ1n) is 8.98. The molecule has 0 saturated carbocycles. The van der Waals surface area contributed by atoms with Crippen molar-refractivity contribution >= 4 is 11.8 Å². The zero-order chi connectivity index (χ0) is 19.3. The van der Waals surface area contributed by atoms with Gasteiger partial charge in [0, 0.05) is 18.4 Å². The van der Waals surface area contributed by atoms with Gasteiger partial charge < -0.3 is 9.09 Å². The van der Waals surface area contributed by atoms with Gasteiger partial charge in [0.05, 0.1) is 11.3 Å². The van der Waals surface area contributed by atoms with Crippen LogP contribution < -0.4 is 0 Å². The highest BCUT2D eigenvalue weighted by molar-refractivity contribution is 7.98. The lowest BCUT2D eigenvalue weighted by molar-refractivity contribution is 0.393. The molecule has 4 rings (SSSR count). The Bertz CT molecular complexity index is 1060. The molecule has 142 valence electrons. The summed E-state index contributed by atoms with van der Waals surface area (Å²) in [6, 6.07) is 18.7. The summed E-state index contributed by atoms with van der Waals surface area (Å²) < 4.78 is 21.5. The number of benzene rings is 2. The molecule has 2 aromatic heterocycles. The Balaban J connectivity index is 1.62. The maximum Gasteiger partial charge on any atom is 0.191 e. The van der Waals surface area contributed by atoms with Crippen LogP contribution in [-0.4, -0.2) is 19.9 Å². The number of aryl methyl sites for hydroxylation is 2. The van der Waals surface area contributed by atoms with Crippen molar-refractivity contribution in [2.75, 3.05) is 0 Å². The Morgan fingerprint density at radius 1 is 1.04 bits per heavy atom. The lowest BCUT2D eigenvalue weighted by Crippen LogP contribution is -2.06. The molecule has 0 atom stereocenters. The lowest BCUT2D eigenvalue weighted by atomic mass is 10.1. The van der Waals surface area contributed by atoms with E-state index in [1.807, 2.05) is 35.8 Å². The summed E-state index contributed by atoms with van der Waals surface area (Å²) in [5, 5.41) is 13.4. The SMILES string of the molecule is Cc1cc(CSc2nnc(-c3ccccc3F)n2CCc2ccccc2)no1. The van der Waals surface area contributed by atoms with Gasteiger partial charge in [-0.2, -0.15) is 0 Å². The topological polar surface area (TPSA) is 56.7 Å². The largest absolute Gasteiger partial charge is 0.361 e. The van der Waals surface area contributed by atoms with Crippen LogP contribution in [0.5, 0.6) is 0 Å². The molecule has 0 fully saturated rings. The van der Waals surface area contributed by atoms with Crippen LogP contribution in [-0.2, 0) is 18.7 Å². The van der Waals surface area contributed by atoms with E-state index in [4.69, 9.17) is 4.52 Å². The van der Waals surface area contributed by atoms with Crippen LogP contribution in [0.25, 0.3) is 11.4 Å². The van der Waals surface area contributed by atoms with Gasteiger partial charge in [0.1, 0.15) is 11.6 Å². The molecule has 7 heteroatoms. The van der Waals surface area contributed by atoms with Gasteiger partial charge in [-0.1, -0.05) is 59.4 Å². The van der Waals surface area contributed by atoms with Crippen LogP contribution in [0.4, 0.5) is 4.39 Å². The van der Waals surface area contributed by atoms with E-state index in [1.54, 1.807) is 18.2 Å². The maximum atomic E-state index is 14.4. The number of aromatic nitrogens is 4. The van der Waals surface area contributed by atoms with Crippen molar-refractivity contribution < 1.29 is 8.91 Å². The number of hydrogen-bond donors (Lipinski definition) is 0. The van der Waals surface area contributed by atoms with Crippen molar-refractivity contribution in [1.29, 1.82) is 0 Å². The van der Waals surface area contributed by atoms with Crippen molar-refractivity contribution in [3.05, 3.63) is 83.5 Å². The second-order valence-corrected chi connectivity index (χ2v) is 7.33. The molecular formula is C21H19FN4OS. The van der Waals surface area contributed by atoms with Crippen molar-refractivity contribution in [1.82, 2.24) is 19.9 Å². The Hall–Kier alpha value is -2.93. The van der Waals surface area contributed by atoms with Crippen LogP contribution in [0.2, 0.25) is 0 Å². The molecule has 0 N–H and O–H groups in total. The molecule has 5 nitrogen and oxygen atoms in total. The Labute approximate surface area is 166 Å². The summed E-state index contributed by atoms with van der Waals surface area (Å²) in [5.74, 6) is 1.61. The Morgan fingerprint density at radius 3 is 2.57 bits per heavy atom. The third kappa shape index (κ3) is 4.14. The molecule has 0 aliphatic carbocycles. The molecule has 0 aliphatic rings. The number of halogens is 1. The van der Waals surface area contributed by atoms with Crippen molar-refractivity contribution in [3.63, 3.8) is 0 Å². The second-order valence-electron chi connectivity index (χ2n) is 6.39. The van der Waals surface area contributed by atoms with Crippen molar-refractivity contribution in [2.45, 2.75) is 30.8 Å². The van der Waals surface area contributed by atoms with Gasteiger partial charge in [-0.15, -0.1) is 10.2 Å². The van der Waals surface area contributed by atoms with Crippen LogP contribution in [0.1, 0.15) is 17.0 Å². The first-order valence-corrected chi connectivity index (χ1v) is 9.96. The van der Waals surface area contributed by atoms with E-state index >= 15 is 0 Å². The summed E-state index contributed by atoms with van der Waals surface area (Å²) >= 11 is 1.51. The van der Waals surface area contributed by atoms with E-state index in [0.717, 1.165) is 23.0 Å². The molecule has 4 aromatic rings. The monoisotopic (exact) mass is 394 g/mol. The molecule has 0 bridgehead atoms. The van der Waals surface area contributed by atoms with Gasteiger partial charge in [0.25, 0.3) is 0 Å². The molecule has 0 unspecified atom stereocenters. The summed E-state index contributed by atoms with van der Waals surface area (Å²) in [5.41, 5.74) is 2.50. The summed E-state index contributed by atoms with van der Waals surface area (Å²) in [6.07, 6.45) is 0.803. The summed E-state index contributed by atoms with van der Waals surface area (Å²) in [7, 11) is 0. The molecule has 2 aromatic carbocycles. The molecule has 0 radical (unpaired) electrons. The van der Waals surface area contributed by atoms with Gasteiger partial charge in [0.2, 0.25) is 0 Å². The van der Waals surface area contributed by atoms with Crippen molar-refractivity contribution in [2.24, 2.45) is 0 Å². The predicted molar refractivity (Wildman–Crippen MR) is 106 cm³/mol. The first-order chi connectivity index (χ1) is 13.7. The minimum atomic E-state index is -0.306. The second kappa shape index (κ2) is 8.39.